The van der Waals surface area contributed by atoms with Crippen LogP contribution in [0.25, 0.3) is 60.2 Å². The van der Waals surface area contributed by atoms with E-state index in [1.807, 2.05) is 0 Å². The van der Waals surface area contributed by atoms with Crippen molar-refractivity contribution in [1.29, 1.82) is 0 Å². The van der Waals surface area contributed by atoms with Gasteiger partial charge in [-0.05, 0) is 76.5 Å². The van der Waals surface area contributed by atoms with Crippen molar-refractivity contribution in [2.45, 2.75) is 12.0 Å². The zero-order chi connectivity index (χ0) is 34.9. The number of rotatable bonds is 5. The highest BCUT2D eigenvalue weighted by Crippen LogP contribution is 2.47. The molecule has 3 nitrogen and oxygen atoms in total. The lowest BCUT2D eigenvalue weighted by atomic mass is 9.92. The maximum atomic E-state index is 6.64. The first-order valence-corrected chi connectivity index (χ1v) is 18.3. The van der Waals surface area contributed by atoms with Crippen LogP contribution in [0.1, 0.15) is 11.5 Å². The van der Waals surface area contributed by atoms with E-state index in [1.54, 1.807) is 0 Å². The maximum Gasteiger partial charge on any atom is 0.148 e. The van der Waals surface area contributed by atoms with Gasteiger partial charge in [0.2, 0.25) is 0 Å². The van der Waals surface area contributed by atoms with E-state index in [0.717, 1.165) is 28.5 Å². The highest BCUT2D eigenvalue weighted by atomic mass is 16.5. The van der Waals surface area contributed by atoms with Crippen LogP contribution >= 0.6 is 0 Å². The minimum absolute atomic E-state index is 0.0379. The van der Waals surface area contributed by atoms with E-state index in [-0.39, 0.29) is 12.0 Å². The Labute approximate surface area is 307 Å². The van der Waals surface area contributed by atoms with Crippen molar-refractivity contribution in [1.82, 2.24) is 4.57 Å². The molecule has 3 heteroatoms. The molecule has 2 atom stereocenters. The minimum atomic E-state index is 0.0379. The van der Waals surface area contributed by atoms with Gasteiger partial charge < -0.3 is 14.2 Å². The topological polar surface area (TPSA) is 17.4 Å². The Hall–Kier alpha value is -6.84. The molecule has 0 radical (unpaired) electrons. The molecule has 0 amide bonds. The van der Waals surface area contributed by atoms with Crippen LogP contribution in [0.4, 0.5) is 17.1 Å². The fourth-order valence-corrected chi connectivity index (χ4v) is 8.65. The molecular formula is C50H34N2O. The molecule has 2 unspecified atom stereocenters. The van der Waals surface area contributed by atoms with Gasteiger partial charge >= 0.3 is 0 Å². The second kappa shape index (κ2) is 11.9. The molecule has 8 aromatic carbocycles. The van der Waals surface area contributed by atoms with E-state index >= 15 is 0 Å². The smallest absolute Gasteiger partial charge is 0.148 e. The number of aromatic nitrogens is 1. The first-order chi connectivity index (χ1) is 26.3. The van der Waals surface area contributed by atoms with Gasteiger partial charge in [-0.2, -0.15) is 0 Å². The average Bonchev–Trinajstić information content (AvgIpc) is 3.77. The first-order valence-electron chi connectivity index (χ1n) is 18.3. The lowest BCUT2D eigenvalue weighted by Crippen LogP contribution is -2.15. The Kier molecular flexibility index (Phi) is 6.68. The van der Waals surface area contributed by atoms with Crippen molar-refractivity contribution in [3.05, 3.63) is 200 Å². The number of ether oxygens (including phenoxy) is 1. The maximum absolute atomic E-state index is 6.64. The third-order valence-electron chi connectivity index (χ3n) is 11.1. The van der Waals surface area contributed by atoms with Crippen molar-refractivity contribution >= 4 is 60.4 Å². The molecule has 0 saturated heterocycles. The largest absolute Gasteiger partial charge is 0.483 e. The van der Waals surface area contributed by atoms with Gasteiger partial charge in [-0.15, -0.1) is 0 Å². The Morgan fingerprint density at radius 1 is 0.472 bits per heavy atom. The zero-order valence-corrected chi connectivity index (χ0v) is 28.9. The molecule has 1 aliphatic heterocycles. The van der Waals surface area contributed by atoms with Crippen LogP contribution in [0.5, 0.6) is 5.75 Å². The summed E-state index contributed by atoms with van der Waals surface area (Å²) in [4.78, 5) is 2.41. The summed E-state index contributed by atoms with van der Waals surface area (Å²) in [6, 6.07) is 61.7. The normalized spacial score (nSPS) is 15.9. The van der Waals surface area contributed by atoms with Crippen LogP contribution in [-0.4, -0.2) is 10.7 Å². The number of allylic oxidation sites excluding steroid dienone is 2. The summed E-state index contributed by atoms with van der Waals surface area (Å²) in [5.41, 5.74) is 10.5. The van der Waals surface area contributed by atoms with Crippen LogP contribution in [-0.2, 0) is 0 Å². The molecule has 2 heterocycles. The van der Waals surface area contributed by atoms with Gasteiger partial charge in [0.15, 0.2) is 0 Å². The summed E-state index contributed by atoms with van der Waals surface area (Å²) in [6.07, 6.45) is 8.68. The Bertz CT molecular complexity index is 2860. The second-order valence-electron chi connectivity index (χ2n) is 14.0. The number of benzene rings is 8. The highest BCUT2D eigenvalue weighted by molar-refractivity contribution is 6.11. The van der Waals surface area contributed by atoms with Gasteiger partial charge in [-0.1, -0.05) is 140 Å². The van der Waals surface area contributed by atoms with Crippen LogP contribution in [0.15, 0.2) is 194 Å². The first kappa shape index (κ1) is 29.8. The van der Waals surface area contributed by atoms with Crippen molar-refractivity contribution in [2.75, 3.05) is 4.90 Å². The number of nitrogens with zero attached hydrogens (tertiary/aromatic N) is 2. The number of fused-ring (bicyclic) bond motifs is 8. The number of hydrogen-bond acceptors (Lipinski definition) is 2. The van der Waals surface area contributed by atoms with Crippen molar-refractivity contribution in [3.8, 4) is 22.6 Å². The minimum Gasteiger partial charge on any atom is -0.483 e. The predicted octanol–water partition coefficient (Wildman–Crippen LogP) is 13.2. The predicted molar refractivity (Wildman–Crippen MR) is 221 cm³/mol. The summed E-state index contributed by atoms with van der Waals surface area (Å²) in [6.45, 7) is 0. The molecule has 250 valence electrons. The molecule has 2 aliphatic rings. The third kappa shape index (κ3) is 4.67. The summed E-state index contributed by atoms with van der Waals surface area (Å²) < 4.78 is 9.02. The van der Waals surface area contributed by atoms with E-state index in [4.69, 9.17) is 4.74 Å². The second-order valence-corrected chi connectivity index (χ2v) is 14.0. The van der Waals surface area contributed by atoms with Gasteiger partial charge in [0.05, 0.1) is 28.1 Å². The van der Waals surface area contributed by atoms with Crippen LogP contribution in [0.3, 0.4) is 0 Å². The van der Waals surface area contributed by atoms with Crippen molar-refractivity contribution in [3.63, 3.8) is 0 Å². The lowest BCUT2D eigenvalue weighted by Gasteiger charge is -2.28. The van der Waals surface area contributed by atoms with Crippen LogP contribution in [0, 0.1) is 0 Å². The van der Waals surface area contributed by atoms with E-state index in [0.29, 0.717) is 0 Å². The third-order valence-corrected chi connectivity index (χ3v) is 11.1. The monoisotopic (exact) mass is 678 g/mol. The van der Waals surface area contributed by atoms with Gasteiger partial charge in [0.25, 0.3) is 0 Å². The fourth-order valence-electron chi connectivity index (χ4n) is 8.65. The number of anilines is 3. The standard InChI is InChI=1S/C50H34N2O/c1-3-16-38-34(12-1)14-9-22-44(38)51(45-23-10-15-35-13-2-4-17-39(35)45)37-29-26-33(27-30-37)36-28-31-47-43(32-36)40-18-5-7-21-46(40)52(47)48-24-11-20-42-41-19-6-8-25-49(41)53-50(42)48/h1-32,41,49H. The Morgan fingerprint density at radius 2 is 1.08 bits per heavy atom. The van der Waals surface area contributed by atoms with E-state index in [2.05, 4.69) is 204 Å². The van der Waals surface area contributed by atoms with Gasteiger partial charge in [0.1, 0.15) is 11.9 Å². The Balaban J connectivity index is 1.04. The van der Waals surface area contributed by atoms with Gasteiger partial charge in [0, 0.05) is 38.7 Å². The van der Waals surface area contributed by atoms with Crippen molar-refractivity contribution < 1.29 is 4.74 Å². The quantitative estimate of drug-likeness (QED) is 0.180. The SMILES string of the molecule is C1=CC2Oc3c(cccc3-n3c4ccccc4c4cc(-c5ccc(N(c6cccc7ccccc67)c6cccc7ccccc67)cc5)ccc43)C2C=C1. The molecular weight excluding hydrogens is 645 g/mol. The molecule has 11 rings (SSSR count). The summed E-state index contributed by atoms with van der Waals surface area (Å²) in [7, 11) is 0. The van der Waals surface area contributed by atoms with Crippen LogP contribution in [0.2, 0.25) is 0 Å². The van der Waals surface area contributed by atoms with E-state index < -0.39 is 0 Å². The fraction of sp³-hybridized carbons (Fsp3) is 0.0400. The molecule has 1 aliphatic carbocycles. The number of hydrogen-bond donors (Lipinski definition) is 0. The molecule has 53 heavy (non-hydrogen) atoms. The summed E-state index contributed by atoms with van der Waals surface area (Å²) in [5.74, 6) is 1.22. The number of para-hydroxylation sites is 2. The lowest BCUT2D eigenvalue weighted by molar-refractivity contribution is 0.268. The summed E-state index contributed by atoms with van der Waals surface area (Å²) >= 11 is 0. The van der Waals surface area contributed by atoms with Gasteiger partial charge in [-0.3, -0.25) is 0 Å². The van der Waals surface area contributed by atoms with E-state index in [9.17, 15) is 0 Å². The molecule has 0 N–H and O–H groups in total. The van der Waals surface area contributed by atoms with Crippen LogP contribution < -0.4 is 9.64 Å². The molecule has 0 fully saturated rings. The van der Waals surface area contributed by atoms with Gasteiger partial charge in [-0.25, -0.2) is 0 Å². The molecule has 0 saturated carbocycles. The molecule has 9 aromatic rings. The molecule has 0 spiro atoms. The molecule has 0 bridgehead atoms. The Morgan fingerprint density at radius 3 is 1.83 bits per heavy atom. The van der Waals surface area contributed by atoms with Crippen molar-refractivity contribution in [2.24, 2.45) is 0 Å². The van der Waals surface area contributed by atoms with E-state index in [1.165, 1.54) is 60.0 Å². The average molecular weight is 679 g/mol. The summed E-state index contributed by atoms with van der Waals surface area (Å²) in [5, 5.41) is 7.33. The molecule has 1 aromatic heterocycles. The highest BCUT2D eigenvalue weighted by Gasteiger charge is 2.34. The zero-order valence-electron chi connectivity index (χ0n) is 28.9.